The van der Waals surface area contributed by atoms with Gasteiger partial charge in [0.25, 0.3) is 0 Å². The van der Waals surface area contributed by atoms with Crippen molar-refractivity contribution >= 4 is 11.9 Å². The Bertz CT molecular complexity index is 1140. The van der Waals surface area contributed by atoms with Crippen LogP contribution in [-0.4, -0.2) is 86.5 Å². The van der Waals surface area contributed by atoms with E-state index in [4.69, 9.17) is 18.9 Å². The lowest BCUT2D eigenvalue weighted by Crippen LogP contribution is -2.60. The van der Waals surface area contributed by atoms with E-state index in [0.29, 0.717) is 12.0 Å². The summed E-state index contributed by atoms with van der Waals surface area (Å²) >= 11 is 0. The quantitative estimate of drug-likeness (QED) is 0.233. The fourth-order valence-corrected chi connectivity index (χ4v) is 4.14. The summed E-state index contributed by atoms with van der Waals surface area (Å²) in [5.74, 6) is -1.57. The van der Waals surface area contributed by atoms with Gasteiger partial charge in [-0.2, -0.15) is 0 Å². The summed E-state index contributed by atoms with van der Waals surface area (Å²) in [4.78, 5) is 24.8. The molecule has 0 unspecified atom stereocenters. The summed E-state index contributed by atoms with van der Waals surface area (Å²) in [7, 11) is 0. The molecular formula is C27H30O11. The fourth-order valence-electron chi connectivity index (χ4n) is 4.14. The fraction of sp³-hybridized carbons (Fsp3) is 0.407. The van der Waals surface area contributed by atoms with E-state index < -0.39 is 61.0 Å². The second-order valence-corrected chi connectivity index (χ2v) is 9.10. The Morgan fingerprint density at radius 2 is 1.63 bits per heavy atom. The van der Waals surface area contributed by atoms with E-state index in [1.54, 1.807) is 54.6 Å². The highest BCUT2D eigenvalue weighted by Gasteiger charge is 2.46. The molecule has 0 aromatic heterocycles. The first-order valence-electron chi connectivity index (χ1n) is 12.1. The number of carbonyl (C=O) groups is 2. The lowest BCUT2D eigenvalue weighted by molar-refractivity contribution is -0.277. The van der Waals surface area contributed by atoms with Crippen molar-refractivity contribution in [3.05, 3.63) is 77.9 Å². The third-order valence-electron chi connectivity index (χ3n) is 6.44. The molecule has 5 N–H and O–H groups in total. The molecule has 7 atom stereocenters. The highest BCUT2D eigenvalue weighted by atomic mass is 16.7. The third kappa shape index (κ3) is 6.04. The molecule has 1 saturated heterocycles. The lowest BCUT2D eigenvalue weighted by Gasteiger charge is -2.40. The molecule has 11 nitrogen and oxygen atoms in total. The molecule has 0 radical (unpaired) electrons. The molecule has 38 heavy (non-hydrogen) atoms. The molecule has 2 aromatic carbocycles. The summed E-state index contributed by atoms with van der Waals surface area (Å²) in [6.07, 6.45) is -5.40. The van der Waals surface area contributed by atoms with Crippen LogP contribution < -0.4 is 4.74 Å². The molecule has 0 saturated carbocycles. The van der Waals surface area contributed by atoms with E-state index in [9.17, 15) is 35.1 Å². The average Bonchev–Trinajstić information content (AvgIpc) is 2.93. The van der Waals surface area contributed by atoms with Gasteiger partial charge in [0.1, 0.15) is 43.4 Å². The second-order valence-electron chi connectivity index (χ2n) is 9.10. The molecule has 1 aliphatic carbocycles. The van der Waals surface area contributed by atoms with Crippen molar-refractivity contribution in [3.8, 4) is 5.75 Å². The van der Waals surface area contributed by atoms with Gasteiger partial charge in [-0.15, -0.1) is 0 Å². The minimum Gasteiger partial charge on any atom is -0.462 e. The maximum atomic E-state index is 12.5. The van der Waals surface area contributed by atoms with Gasteiger partial charge in [-0.1, -0.05) is 42.5 Å². The largest absolute Gasteiger partial charge is 0.462 e. The van der Waals surface area contributed by atoms with Crippen molar-refractivity contribution in [2.45, 2.75) is 61.9 Å². The predicted molar refractivity (Wildman–Crippen MR) is 130 cm³/mol. The normalized spacial score (nSPS) is 30.9. The summed E-state index contributed by atoms with van der Waals surface area (Å²) < 4.78 is 21.8. The van der Waals surface area contributed by atoms with Crippen LogP contribution in [0.2, 0.25) is 0 Å². The van der Waals surface area contributed by atoms with Crippen LogP contribution in [0.15, 0.2) is 66.7 Å². The second kappa shape index (κ2) is 12.0. The number of para-hydroxylation sites is 1. The van der Waals surface area contributed by atoms with Gasteiger partial charge in [-0.05, 0) is 37.1 Å². The minimum absolute atomic E-state index is 0.125. The van der Waals surface area contributed by atoms with Gasteiger partial charge in [0.2, 0.25) is 11.9 Å². The first kappa shape index (κ1) is 27.7. The molecule has 4 rings (SSSR count). The maximum absolute atomic E-state index is 12.5. The maximum Gasteiger partial charge on any atom is 0.345 e. The Labute approximate surface area is 218 Å². The number of esters is 2. The first-order chi connectivity index (χ1) is 18.2. The van der Waals surface area contributed by atoms with Gasteiger partial charge in [0, 0.05) is 5.56 Å². The first-order valence-corrected chi connectivity index (χ1v) is 12.1. The van der Waals surface area contributed by atoms with Crippen LogP contribution in [-0.2, 0) is 25.6 Å². The molecule has 1 aliphatic heterocycles. The van der Waals surface area contributed by atoms with Gasteiger partial charge >= 0.3 is 11.9 Å². The Balaban J connectivity index is 1.41. The highest BCUT2D eigenvalue weighted by Crippen LogP contribution is 2.29. The smallest absolute Gasteiger partial charge is 0.345 e. The van der Waals surface area contributed by atoms with Crippen LogP contribution in [0, 0.1) is 0 Å². The summed E-state index contributed by atoms with van der Waals surface area (Å²) in [5, 5.41) is 51.8. The predicted octanol–water partition coefficient (Wildman–Crippen LogP) is 0.215. The van der Waals surface area contributed by atoms with Gasteiger partial charge in [0.05, 0.1) is 11.7 Å². The van der Waals surface area contributed by atoms with Crippen molar-refractivity contribution in [3.63, 3.8) is 0 Å². The number of carbonyl (C=O) groups excluding carboxylic acids is 2. The molecule has 0 bridgehead atoms. The third-order valence-corrected chi connectivity index (χ3v) is 6.44. The van der Waals surface area contributed by atoms with Crippen LogP contribution in [0.3, 0.4) is 0 Å². The molecule has 0 amide bonds. The Hall–Kier alpha value is -3.32. The summed E-state index contributed by atoms with van der Waals surface area (Å²) in [6, 6.07) is 14.5. The Kier molecular flexibility index (Phi) is 8.77. The van der Waals surface area contributed by atoms with E-state index in [2.05, 4.69) is 0 Å². The van der Waals surface area contributed by atoms with Crippen molar-refractivity contribution in [1.29, 1.82) is 0 Å². The van der Waals surface area contributed by atoms with Crippen LogP contribution >= 0.6 is 0 Å². The standard InChI is InChI=1S/C27H30O11/c28-20-12-6-7-13-27(20,34)26(33)36-14-17-10-4-5-11-18(17)37-25-23(31)22(30)21(29)19(38-25)15-35-24(32)16-8-2-1-3-9-16/h1-5,7-11,13,19-23,25,28-31,34H,6,12,14-15H2/t19-,20-,21+,22-,23+,25+,27+/m0/s1. The molecule has 0 spiro atoms. The van der Waals surface area contributed by atoms with Crippen LogP contribution in [0.5, 0.6) is 5.75 Å². The number of allylic oxidation sites excluding steroid dienone is 1. The monoisotopic (exact) mass is 530 g/mol. The highest BCUT2D eigenvalue weighted by molar-refractivity contribution is 5.89. The lowest BCUT2D eigenvalue weighted by atomic mass is 9.88. The topological polar surface area (TPSA) is 172 Å². The van der Waals surface area contributed by atoms with Gasteiger partial charge in [0.15, 0.2) is 0 Å². The van der Waals surface area contributed by atoms with Crippen molar-refractivity contribution in [2.75, 3.05) is 6.61 Å². The van der Waals surface area contributed by atoms with E-state index in [1.165, 1.54) is 12.1 Å². The number of hydrogen-bond donors (Lipinski definition) is 5. The number of aliphatic hydroxyl groups is 5. The van der Waals surface area contributed by atoms with Crippen LogP contribution in [0.4, 0.5) is 0 Å². The minimum atomic E-state index is -2.17. The molecule has 1 heterocycles. The number of benzene rings is 2. The zero-order chi connectivity index (χ0) is 27.3. The van der Waals surface area contributed by atoms with E-state index in [1.807, 2.05) is 0 Å². The van der Waals surface area contributed by atoms with Crippen molar-refractivity contribution in [2.24, 2.45) is 0 Å². The molecule has 2 aliphatic rings. The molecule has 2 aromatic rings. The van der Waals surface area contributed by atoms with Gasteiger partial charge in [-0.3, -0.25) is 0 Å². The SMILES string of the molecule is O=C(OC[C@@H]1O[C@@H](Oc2ccccc2COC(=O)[C@@]2(O)C=CCC[C@@H]2O)[C@H](O)[C@@H](O)[C@@H]1O)c1ccccc1. The number of aliphatic hydroxyl groups excluding tert-OH is 4. The van der Waals surface area contributed by atoms with Crippen molar-refractivity contribution < 1.29 is 54.1 Å². The zero-order valence-corrected chi connectivity index (χ0v) is 20.3. The molecule has 1 fully saturated rings. The summed E-state index contributed by atoms with van der Waals surface area (Å²) in [5.41, 5.74) is -1.54. The molecule has 11 heteroatoms. The zero-order valence-electron chi connectivity index (χ0n) is 20.3. The van der Waals surface area contributed by atoms with E-state index >= 15 is 0 Å². The van der Waals surface area contributed by atoms with Crippen LogP contribution in [0.1, 0.15) is 28.8 Å². The average molecular weight is 531 g/mol. The van der Waals surface area contributed by atoms with Crippen molar-refractivity contribution in [1.82, 2.24) is 0 Å². The molecule has 204 valence electrons. The number of rotatable bonds is 8. The Morgan fingerprint density at radius 3 is 2.37 bits per heavy atom. The number of hydrogen-bond acceptors (Lipinski definition) is 11. The van der Waals surface area contributed by atoms with Crippen LogP contribution in [0.25, 0.3) is 0 Å². The van der Waals surface area contributed by atoms with Gasteiger partial charge < -0.3 is 44.5 Å². The summed E-state index contributed by atoms with van der Waals surface area (Å²) in [6.45, 7) is -0.768. The molecular weight excluding hydrogens is 500 g/mol. The number of ether oxygens (including phenoxy) is 4. The van der Waals surface area contributed by atoms with E-state index in [0.717, 1.165) is 0 Å². The van der Waals surface area contributed by atoms with E-state index in [-0.39, 0.29) is 24.3 Å². The van der Waals surface area contributed by atoms with Gasteiger partial charge in [-0.25, -0.2) is 9.59 Å². The Morgan fingerprint density at radius 1 is 0.921 bits per heavy atom.